The minimum Gasteiger partial charge on any atom is -0.455 e. The van der Waals surface area contributed by atoms with Crippen LogP contribution in [0, 0.1) is 6.92 Å². The van der Waals surface area contributed by atoms with Crippen LogP contribution < -0.4 is 10.1 Å². The van der Waals surface area contributed by atoms with Gasteiger partial charge in [-0.1, -0.05) is 42.3 Å². The molecular formula is C25H25ClN2O4S. The molecule has 0 aliphatic carbocycles. The van der Waals surface area contributed by atoms with Gasteiger partial charge in [-0.3, -0.25) is 4.79 Å². The number of aryl methyl sites for hydroxylation is 1. The highest BCUT2D eigenvalue weighted by Gasteiger charge is 2.27. The van der Waals surface area contributed by atoms with Gasteiger partial charge in [0.15, 0.2) is 5.75 Å². The third-order valence-electron chi connectivity index (χ3n) is 5.57. The summed E-state index contributed by atoms with van der Waals surface area (Å²) in [6, 6.07) is 18.8. The summed E-state index contributed by atoms with van der Waals surface area (Å²) in [6.45, 7) is 2.77. The van der Waals surface area contributed by atoms with Crippen molar-refractivity contribution in [3.05, 3.63) is 82.9 Å². The average molecular weight is 485 g/mol. The largest absolute Gasteiger partial charge is 0.455 e. The third-order valence-corrected chi connectivity index (χ3v) is 7.70. The maximum Gasteiger partial charge on any atom is 0.256 e. The summed E-state index contributed by atoms with van der Waals surface area (Å²) < 4.78 is 33.6. The fourth-order valence-electron chi connectivity index (χ4n) is 3.75. The monoisotopic (exact) mass is 484 g/mol. The first kappa shape index (κ1) is 23.3. The number of carbonyl (C=O) groups is 1. The molecule has 1 aliphatic heterocycles. The Morgan fingerprint density at radius 2 is 1.70 bits per heavy atom. The number of rotatable bonds is 6. The van der Waals surface area contributed by atoms with Crippen molar-refractivity contribution in [3.8, 4) is 11.5 Å². The van der Waals surface area contributed by atoms with E-state index in [2.05, 4.69) is 5.32 Å². The van der Waals surface area contributed by atoms with Gasteiger partial charge < -0.3 is 10.1 Å². The second-order valence-electron chi connectivity index (χ2n) is 7.95. The quantitative estimate of drug-likeness (QED) is 0.475. The van der Waals surface area contributed by atoms with Crippen LogP contribution in [0.1, 0.15) is 35.2 Å². The molecule has 1 heterocycles. The molecule has 3 aromatic rings. The number of nitrogens with one attached hydrogen (secondary N) is 1. The predicted octanol–water partition coefficient (Wildman–Crippen LogP) is 5.87. The van der Waals surface area contributed by atoms with Crippen LogP contribution in [0.4, 0.5) is 5.69 Å². The number of nitrogens with zero attached hydrogens (tertiary/aromatic N) is 1. The van der Waals surface area contributed by atoms with Gasteiger partial charge in [-0.15, -0.1) is 0 Å². The molecule has 1 saturated heterocycles. The van der Waals surface area contributed by atoms with Crippen molar-refractivity contribution < 1.29 is 17.9 Å². The standard InChI is InChI=1S/C25H25ClN2O4S/c1-18-10-12-21(33(30,31)28-14-6-3-7-15-28)17-22(18)25(29)27-23-16-19(26)11-13-24(23)32-20-8-4-2-5-9-20/h2,4-5,8-13,16-17H,3,6-7,14-15H2,1H3,(H,27,29). The van der Waals surface area contributed by atoms with Crippen molar-refractivity contribution in [2.45, 2.75) is 31.1 Å². The summed E-state index contributed by atoms with van der Waals surface area (Å²) in [6.07, 6.45) is 2.72. The van der Waals surface area contributed by atoms with Crippen LogP contribution in [0.5, 0.6) is 11.5 Å². The first-order chi connectivity index (χ1) is 15.8. The maximum atomic E-state index is 13.2. The highest BCUT2D eigenvalue weighted by Crippen LogP contribution is 2.33. The van der Waals surface area contributed by atoms with Crippen LogP contribution >= 0.6 is 11.6 Å². The highest BCUT2D eigenvalue weighted by molar-refractivity contribution is 7.89. The van der Waals surface area contributed by atoms with Gasteiger partial charge in [-0.05, 0) is 67.8 Å². The van der Waals surface area contributed by atoms with Gasteiger partial charge in [-0.2, -0.15) is 4.31 Å². The lowest BCUT2D eigenvalue weighted by atomic mass is 10.1. The number of amides is 1. The van der Waals surface area contributed by atoms with Crippen LogP contribution in [0.3, 0.4) is 0 Å². The summed E-state index contributed by atoms with van der Waals surface area (Å²) in [5.41, 5.74) is 1.33. The van der Waals surface area contributed by atoms with Gasteiger partial charge in [0.25, 0.3) is 5.91 Å². The lowest BCUT2D eigenvalue weighted by molar-refractivity contribution is 0.102. The van der Waals surface area contributed by atoms with Gasteiger partial charge in [0.2, 0.25) is 10.0 Å². The molecule has 1 aliphatic rings. The highest BCUT2D eigenvalue weighted by atomic mass is 35.5. The van der Waals surface area contributed by atoms with Crippen molar-refractivity contribution in [2.75, 3.05) is 18.4 Å². The van der Waals surface area contributed by atoms with E-state index in [-0.39, 0.29) is 10.5 Å². The molecule has 0 spiro atoms. The fourth-order valence-corrected chi connectivity index (χ4v) is 5.47. The Bertz CT molecular complexity index is 1260. The van der Waals surface area contributed by atoms with Crippen molar-refractivity contribution in [1.82, 2.24) is 4.31 Å². The van der Waals surface area contributed by atoms with E-state index in [1.54, 1.807) is 49.4 Å². The van der Waals surface area contributed by atoms with E-state index in [1.165, 1.54) is 10.4 Å². The Morgan fingerprint density at radius 1 is 0.970 bits per heavy atom. The molecule has 8 heteroatoms. The van der Waals surface area contributed by atoms with Gasteiger partial charge in [0, 0.05) is 23.7 Å². The van der Waals surface area contributed by atoms with Crippen LogP contribution in [0.2, 0.25) is 5.02 Å². The smallest absolute Gasteiger partial charge is 0.256 e. The molecule has 4 rings (SSSR count). The predicted molar refractivity (Wildman–Crippen MR) is 130 cm³/mol. The van der Waals surface area contributed by atoms with E-state index in [0.29, 0.717) is 40.9 Å². The molecule has 6 nitrogen and oxygen atoms in total. The van der Waals surface area contributed by atoms with E-state index in [4.69, 9.17) is 16.3 Å². The van der Waals surface area contributed by atoms with Crippen LogP contribution in [-0.2, 0) is 10.0 Å². The topological polar surface area (TPSA) is 75.7 Å². The molecule has 1 amide bonds. The molecule has 0 unspecified atom stereocenters. The molecule has 0 saturated carbocycles. The van der Waals surface area contributed by atoms with E-state index in [0.717, 1.165) is 19.3 Å². The van der Waals surface area contributed by atoms with Crippen molar-refractivity contribution in [2.24, 2.45) is 0 Å². The van der Waals surface area contributed by atoms with Crippen molar-refractivity contribution in [3.63, 3.8) is 0 Å². The first-order valence-corrected chi connectivity index (χ1v) is 12.6. The molecule has 0 aromatic heterocycles. The SMILES string of the molecule is Cc1ccc(S(=O)(=O)N2CCCCC2)cc1C(=O)Nc1cc(Cl)ccc1Oc1ccccc1. The summed E-state index contributed by atoms with van der Waals surface area (Å²) in [4.78, 5) is 13.3. The molecule has 1 fully saturated rings. The van der Waals surface area contributed by atoms with E-state index < -0.39 is 15.9 Å². The molecule has 0 atom stereocenters. The molecule has 0 radical (unpaired) electrons. The van der Waals surface area contributed by atoms with Gasteiger partial charge in [0.1, 0.15) is 5.75 Å². The number of halogens is 1. The number of ether oxygens (including phenoxy) is 1. The second-order valence-corrected chi connectivity index (χ2v) is 10.3. The summed E-state index contributed by atoms with van der Waals surface area (Å²) in [5.74, 6) is 0.596. The van der Waals surface area contributed by atoms with E-state index >= 15 is 0 Å². The zero-order valence-electron chi connectivity index (χ0n) is 18.3. The first-order valence-electron chi connectivity index (χ1n) is 10.8. The lowest BCUT2D eigenvalue weighted by Gasteiger charge is -2.26. The fraction of sp³-hybridized carbons (Fsp3) is 0.240. The van der Waals surface area contributed by atoms with Crippen molar-refractivity contribution >= 4 is 33.2 Å². The zero-order valence-corrected chi connectivity index (χ0v) is 19.8. The Hall–Kier alpha value is -2.87. The average Bonchev–Trinajstić information content (AvgIpc) is 2.82. The minimum absolute atomic E-state index is 0.118. The molecule has 1 N–H and O–H groups in total. The molecular weight excluding hydrogens is 460 g/mol. The Morgan fingerprint density at radius 3 is 2.42 bits per heavy atom. The summed E-state index contributed by atoms with van der Waals surface area (Å²) in [5, 5.41) is 3.26. The zero-order chi connectivity index (χ0) is 23.4. The van der Waals surface area contributed by atoms with Crippen LogP contribution in [0.25, 0.3) is 0 Å². The number of hydrogen-bond acceptors (Lipinski definition) is 4. The van der Waals surface area contributed by atoms with Crippen LogP contribution in [-0.4, -0.2) is 31.7 Å². The number of carbonyl (C=O) groups excluding carboxylic acids is 1. The minimum atomic E-state index is -3.66. The third kappa shape index (κ3) is 5.38. The number of para-hydroxylation sites is 1. The lowest BCUT2D eigenvalue weighted by Crippen LogP contribution is -2.35. The second kappa shape index (κ2) is 9.95. The van der Waals surface area contributed by atoms with Gasteiger partial charge in [0.05, 0.1) is 10.6 Å². The molecule has 33 heavy (non-hydrogen) atoms. The maximum absolute atomic E-state index is 13.2. The van der Waals surface area contributed by atoms with E-state index in [9.17, 15) is 13.2 Å². The number of benzene rings is 3. The summed E-state index contributed by atoms with van der Waals surface area (Å²) in [7, 11) is -3.66. The van der Waals surface area contributed by atoms with Gasteiger partial charge >= 0.3 is 0 Å². The number of hydrogen-bond donors (Lipinski definition) is 1. The number of piperidine rings is 1. The normalized spacial score (nSPS) is 14.6. The Kier molecular flexibility index (Phi) is 7.02. The van der Waals surface area contributed by atoms with Crippen molar-refractivity contribution in [1.29, 1.82) is 0 Å². The van der Waals surface area contributed by atoms with E-state index in [1.807, 2.05) is 18.2 Å². The molecule has 3 aromatic carbocycles. The number of anilines is 1. The summed E-state index contributed by atoms with van der Waals surface area (Å²) >= 11 is 6.16. The molecule has 0 bridgehead atoms. The van der Waals surface area contributed by atoms with Gasteiger partial charge in [-0.25, -0.2) is 8.42 Å². The number of sulfonamides is 1. The molecule has 172 valence electrons. The van der Waals surface area contributed by atoms with Crippen LogP contribution in [0.15, 0.2) is 71.6 Å². The Balaban J connectivity index is 1.62. The Labute approximate surface area is 199 Å².